The number of ether oxygens (including phenoxy) is 1. The van der Waals surface area contributed by atoms with Crippen LogP contribution in [-0.2, 0) is 0 Å². The lowest BCUT2D eigenvalue weighted by Gasteiger charge is -2.11. The highest BCUT2D eigenvalue weighted by atomic mass is 16.5. The Balaban J connectivity index is 2.71. The molecule has 0 atom stereocenters. The van der Waals surface area contributed by atoms with Crippen LogP contribution in [0.5, 0.6) is 5.75 Å². The second-order valence-electron chi connectivity index (χ2n) is 3.81. The van der Waals surface area contributed by atoms with Crippen molar-refractivity contribution in [1.29, 1.82) is 5.26 Å². The maximum absolute atomic E-state index is 11.4. The lowest BCUT2D eigenvalue weighted by atomic mass is 9.99. The van der Waals surface area contributed by atoms with Gasteiger partial charge in [0, 0.05) is 23.5 Å². The summed E-state index contributed by atoms with van der Waals surface area (Å²) >= 11 is 0. The van der Waals surface area contributed by atoms with Gasteiger partial charge in [-0.15, -0.1) is 0 Å². The van der Waals surface area contributed by atoms with Gasteiger partial charge in [0.2, 0.25) is 5.91 Å². The van der Waals surface area contributed by atoms with E-state index in [0.717, 1.165) is 0 Å². The lowest BCUT2D eigenvalue weighted by Crippen LogP contribution is -2.12. The summed E-state index contributed by atoms with van der Waals surface area (Å²) in [6, 6.07) is 8.54. The summed E-state index contributed by atoms with van der Waals surface area (Å²) in [7, 11) is 1.52. The Kier molecular flexibility index (Phi) is 3.44. The van der Waals surface area contributed by atoms with E-state index in [0.29, 0.717) is 28.0 Å². The van der Waals surface area contributed by atoms with Gasteiger partial charge < -0.3 is 10.5 Å². The number of carbonyl (C=O) groups is 1. The van der Waals surface area contributed by atoms with Crippen LogP contribution in [0.4, 0.5) is 0 Å². The molecule has 5 heteroatoms. The Morgan fingerprint density at radius 2 is 2.16 bits per heavy atom. The van der Waals surface area contributed by atoms with Crippen LogP contribution < -0.4 is 10.5 Å². The van der Waals surface area contributed by atoms with Gasteiger partial charge in [0.1, 0.15) is 5.75 Å². The molecule has 2 N–H and O–H groups in total. The third-order valence-corrected chi connectivity index (χ3v) is 2.71. The largest absolute Gasteiger partial charge is 0.496 e. The summed E-state index contributed by atoms with van der Waals surface area (Å²) < 4.78 is 5.24. The maximum atomic E-state index is 11.4. The van der Waals surface area contributed by atoms with E-state index in [9.17, 15) is 4.79 Å². The van der Waals surface area contributed by atoms with Crippen molar-refractivity contribution >= 4 is 5.91 Å². The number of rotatable bonds is 3. The Bertz CT molecular complexity index is 675. The van der Waals surface area contributed by atoms with Gasteiger partial charge in [-0.05, 0) is 24.3 Å². The molecule has 1 heterocycles. The number of nitrogens with two attached hydrogens (primary N) is 1. The SMILES string of the molecule is COc1ccc(C#N)cc1-c1cnccc1C(N)=O. The molecule has 0 bridgehead atoms. The monoisotopic (exact) mass is 253 g/mol. The summed E-state index contributed by atoms with van der Waals surface area (Å²) in [5, 5.41) is 8.95. The van der Waals surface area contributed by atoms with Crippen molar-refractivity contribution in [2.24, 2.45) is 5.73 Å². The van der Waals surface area contributed by atoms with E-state index in [1.165, 1.54) is 25.6 Å². The van der Waals surface area contributed by atoms with E-state index in [-0.39, 0.29) is 0 Å². The van der Waals surface area contributed by atoms with Crippen molar-refractivity contribution in [3.63, 3.8) is 0 Å². The predicted octanol–water partition coefficient (Wildman–Crippen LogP) is 1.73. The minimum atomic E-state index is -0.554. The van der Waals surface area contributed by atoms with Crippen LogP contribution in [0, 0.1) is 11.3 Å². The molecule has 0 aliphatic carbocycles. The summed E-state index contributed by atoms with van der Waals surface area (Å²) in [5.74, 6) is -0.00341. The molecular weight excluding hydrogens is 242 g/mol. The number of hydrogen-bond donors (Lipinski definition) is 1. The molecule has 2 rings (SSSR count). The number of hydrogen-bond acceptors (Lipinski definition) is 4. The molecule has 1 aromatic heterocycles. The minimum Gasteiger partial charge on any atom is -0.496 e. The molecule has 0 aliphatic heterocycles. The Morgan fingerprint density at radius 1 is 1.37 bits per heavy atom. The van der Waals surface area contributed by atoms with E-state index in [1.54, 1.807) is 18.2 Å². The van der Waals surface area contributed by atoms with Gasteiger partial charge in [0.25, 0.3) is 0 Å². The lowest BCUT2D eigenvalue weighted by molar-refractivity contribution is 0.100. The molecule has 0 aliphatic rings. The zero-order valence-corrected chi connectivity index (χ0v) is 10.3. The van der Waals surface area contributed by atoms with Crippen molar-refractivity contribution in [2.75, 3.05) is 7.11 Å². The van der Waals surface area contributed by atoms with Gasteiger partial charge >= 0.3 is 0 Å². The van der Waals surface area contributed by atoms with E-state index in [4.69, 9.17) is 15.7 Å². The smallest absolute Gasteiger partial charge is 0.249 e. The first-order chi connectivity index (χ1) is 9.17. The summed E-state index contributed by atoms with van der Waals surface area (Å²) in [5.41, 5.74) is 7.31. The van der Waals surface area contributed by atoms with E-state index in [2.05, 4.69) is 4.98 Å². The van der Waals surface area contributed by atoms with E-state index < -0.39 is 5.91 Å². The minimum absolute atomic E-state index is 0.336. The second kappa shape index (κ2) is 5.19. The zero-order valence-electron chi connectivity index (χ0n) is 10.3. The molecule has 19 heavy (non-hydrogen) atoms. The molecule has 0 radical (unpaired) electrons. The number of benzene rings is 1. The second-order valence-corrected chi connectivity index (χ2v) is 3.81. The van der Waals surface area contributed by atoms with Gasteiger partial charge in [-0.1, -0.05) is 0 Å². The highest BCUT2D eigenvalue weighted by Gasteiger charge is 2.14. The molecule has 1 aromatic carbocycles. The number of nitriles is 1. The zero-order chi connectivity index (χ0) is 13.8. The first-order valence-corrected chi connectivity index (χ1v) is 5.49. The Labute approximate surface area is 110 Å². The van der Waals surface area contributed by atoms with Crippen LogP contribution in [0.25, 0.3) is 11.1 Å². The average Bonchev–Trinajstić information content (AvgIpc) is 2.46. The maximum Gasteiger partial charge on any atom is 0.249 e. The number of amides is 1. The molecule has 0 saturated carbocycles. The number of primary amides is 1. The van der Waals surface area contributed by atoms with Crippen molar-refractivity contribution < 1.29 is 9.53 Å². The molecule has 5 nitrogen and oxygen atoms in total. The molecule has 0 unspecified atom stereocenters. The topological polar surface area (TPSA) is 89.0 Å². The Hall–Kier alpha value is -2.87. The predicted molar refractivity (Wildman–Crippen MR) is 69.5 cm³/mol. The van der Waals surface area contributed by atoms with Crippen molar-refractivity contribution in [1.82, 2.24) is 4.98 Å². The Morgan fingerprint density at radius 3 is 2.79 bits per heavy atom. The number of aromatic nitrogens is 1. The van der Waals surface area contributed by atoms with Gasteiger partial charge in [0.05, 0.1) is 24.3 Å². The quantitative estimate of drug-likeness (QED) is 0.902. The van der Waals surface area contributed by atoms with Gasteiger partial charge in [0.15, 0.2) is 0 Å². The first-order valence-electron chi connectivity index (χ1n) is 5.49. The van der Waals surface area contributed by atoms with Crippen LogP contribution in [0.1, 0.15) is 15.9 Å². The van der Waals surface area contributed by atoms with Crippen LogP contribution in [-0.4, -0.2) is 18.0 Å². The molecule has 0 spiro atoms. The van der Waals surface area contributed by atoms with Gasteiger partial charge in [-0.25, -0.2) is 0 Å². The van der Waals surface area contributed by atoms with Crippen LogP contribution in [0.2, 0.25) is 0 Å². The number of carbonyl (C=O) groups excluding carboxylic acids is 1. The number of nitrogens with zero attached hydrogens (tertiary/aromatic N) is 2. The normalized spacial score (nSPS) is 9.68. The molecule has 1 amide bonds. The third-order valence-electron chi connectivity index (χ3n) is 2.71. The highest BCUT2D eigenvalue weighted by molar-refractivity contribution is 6.00. The molecule has 0 saturated heterocycles. The highest BCUT2D eigenvalue weighted by Crippen LogP contribution is 2.32. The molecule has 0 fully saturated rings. The van der Waals surface area contributed by atoms with Crippen LogP contribution in [0.15, 0.2) is 36.7 Å². The molecular formula is C14H11N3O2. The van der Waals surface area contributed by atoms with Gasteiger partial charge in [-0.2, -0.15) is 5.26 Å². The van der Waals surface area contributed by atoms with Crippen LogP contribution in [0.3, 0.4) is 0 Å². The van der Waals surface area contributed by atoms with Crippen molar-refractivity contribution in [3.05, 3.63) is 47.8 Å². The summed E-state index contributed by atoms with van der Waals surface area (Å²) in [6.07, 6.45) is 3.02. The first kappa shape index (κ1) is 12.6. The third kappa shape index (κ3) is 2.38. The van der Waals surface area contributed by atoms with E-state index in [1.807, 2.05) is 6.07 Å². The van der Waals surface area contributed by atoms with Crippen molar-refractivity contribution in [3.8, 4) is 22.9 Å². The average molecular weight is 253 g/mol. The number of methoxy groups -OCH3 is 1. The fourth-order valence-electron chi connectivity index (χ4n) is 1.81. The fourth-order valence-corrected chi connectivity index (χ4v) is 1.81. The number of pyridine rings is 1. The fraction of sp³-hybridized carbons (Fsp3) is 0.0714. The molecule has 2 aromatic rings. The van der Waals surface area contributed by atoms with Crippen molar-refractivity contribution in [2.45, 2.75) is 0 Å². The van der Waals surface area contributed by atoms with Crippen LogP contribution >= 0.6 is 0 Å². The standard InChI is InChI=1S/C14H11N3O2/c1-19-13-3-2-9(7-15)6-11(13)12-8-17-5-4-10(12)14(16)18/h2-6,8H,1H3,(H2,16,18). The summed E-state index contributed by atoms with van der Waals surface area (Å²) in [4.78, 5) is 15.4. The van der Waals surface area contributed by atoms with E-state index >= 15 is 0 Å². The summed E-state index contributed by atoms with van der Waals surface area (Å²) in [6.45, 7) is 0. The van der Waals surface area contributed by atoms with Gasteiger partial charge in [-0.3, -0.25) is 9.78 Å². The molecule has 94 valence electrons.